The first-order valence-corrected chi connectivity index (χ1v) is 5.00. The fraction of sp³-hybridized carbons (Fsp3) is 0. The molecule has 0 atom stereocenters. The van der Waals surface area contributed by atoms with Gasteiger partial charge in [-0.15, -0.1) is 0 Å². The van der Waals surface area contributed by atoms with Crippen LogP contribution in [0.1, 0.15) is 10.4 Å². The molecule has 1 aromatic heterocycles. The number of carbonyl (C=O) groups is 1. The average molecular weight is 247 g/mol. The van der Waals surface area contributed by atoms with Gasteiger partial charge in [-0.25, -0.2) is 9.59 Å². The molecule has 1 aromatic carbocycles. The van der Waals surface area contributed by atoms with Crippen molar-refractivity contribution in [1.82, 2.24) is 9.97 Å². The molecule has 0 aliphatic heterocycles. The van der Waals surface area contributed by atoms with Crippen LogP contribution >= 0.6 is 0 Å². The maximum absolute atomic E-state index is 11.4. The number of aromatic carboxylic acids is 1. The summed E-state index contributed by atoms with van der Waals surface area (Å²) >= 11 is 0. The van der Waals surface area contributed by atoms with E-state index in [-0.39, 0.29) is 5.82 Å². The van der Waals surface area contributed by atoms with Gasteiger partial charge in [-0.05, 0) is 12.1 Å². The molecule has 2 aromatic rings. The second-order valence-corrected chi connectivity index (χ2v) is 3.45. The van der Waals surface area contributed by atoms with Crippen LogP contribution in [0.2, 0.25) is 0 Å². The van der Waals surface area contributed by atoms with Crippen LogP contribution in [0, 0.1) is 0 Å². The summed E-state index contributed by atoms with van der Waals surface area (Å²) in [4.78, 5) is 37.6. The van der Waals surface area contributed by atoms with Gasteiger partial charge in [0.2, 0.25) is 0 Å². The number of rotatable bonds is 3. The fourth-order valence-corrected chi connectivity index (χ4v) is 1.45. The Balaban J connectivity index is 2.54. The monoisotopic (exact) mass is 247 g/mol. The molecule has 0 amide bonds. The molecule has 0 aliphatic carbocycles. The van der Waals surface area contributed by atoms with Gasteiger partial charge < -0.3 is 10.4 Å². The Morgan fingerprint density at radius 2 is 1.78 bits per heavy atom. The van der Waals surface area contributed by atoms with Crippen molar-refractivity contribution in [3.05, 3.63) is 56.7 Å². The Bertz CT molecular complexity index is 687. The predicted octanol–water partition coefficient (Wildman–Crippen LogP) is 0.505. The van der Waals surface area contributed by atoms with E-state index in [9.17, 15) is 14.4 Å². The number of H-pyrrole nitrogens is 2. The van der Waals surface area contributed by atoms with Crippen molar-refractivity contribution < 1.29 is 9.90 Å². The molecule has 0 spiro atoms. The van der Waals surface area contributed by atoms with E-state index >= 15 is 0 Å². The summed E-state index contributed by atoms with van der Waals surface area (Å²) < 4.78 is 0. The molecule has 7 nitrogen and oxygen atoms in total. The number of nitrogens with one attached hydrogen (secondary N) is 3. The van der Waals surface area contributed by atoms with Crippen LogP contribution in [0.15, 0.2) is 39.9 Å². The lowest BCUT2D eigenvalue weighted by Gasteiger charge is -2.07. The first-order chi connectivity index (χ1) is 8.58. The molecular formula is C11H9N3O4. The highest BCUT2D eigenvalue weighted by molar-refractivity contribution is 5.93. The third-order valence-corrected chi connectivity index (χ3v) is 2.20. The first kappa shape index (κ1) is 11.6. The van der Waals surface area contributed by atoms with E-state index < -0.39 is 22.8 Å². The minimum absolute atomic E-state index is 0.151. The number of hydrogen-bond donors (Lipinski definition) is 4. The van der Waals surface area contributed by atoms with Gasteiger partial charge in [-0.2, -0.15) is 0 Å². The normalized spacial score (nSPS) is 10.0. The smallest absolute Gasteiger partial charge is 0.345 e. The number of aromatic nitrogens is 2. The largest absolute Gasteiger partial charge is 0.477 e. The number of anilines is 2. The standard InChI is InChI=1S/C11H9N3O4/c15-9-7(10(16)17)8(13-11(18)14-9)12-6-4-2-1-3-5-6/h1-5H,(H,16,17)(H3,12,13,14,15,18). The summed E-state index contributed by atoms with van der Waals surface area (Å²) in [6.45, 7) is 0. The summed E-state index contributed by atoms with van der Waals surface area (Å²) in [6.07, 6.45) is 0. The van der Waals surface area contributed by atoms with Crippen LogP contribution in [0.3, 0.4) is 0 Å². The molecule has 0 saturated carbocycles. The summed E-state index contributed by atoms with van der Waals surface area (Å²) in [5.41, 5.74) is -1.71. The van der Waals surface area contributed by atoms with Crippen LogP contribution < -0.4 is 16.6 Å². The summed E-state index contributed by atoms with van der Waals surface area (Å²) in [5, 5.41) is 11.6. The number of hydrogen-bond acceptors (Lipinski definition) is 4. The van der Waals surface area contributed by atoms with Crippen molar-refractivity contribution in [2.24, 2.45) is 0 Å². The molecular weight excluding hydrogens is 238 g/mol. The van der Waals surface area contributed by atoms with E-state index in [1.54, 1.807) is 30.3 Å². The SMILES string of the molecule is O=C(O)c1c(Nc2ccccc2)[nH]c(=O)[nH]c1=O. The van der Waals surface area contributed by atoms with Crippen molar-refractivity contribution >= 4 is 17.5 Å². The Morgan fingerprint density at radius 3 is 2.39 bits per heavy atom. The third kappa shape index (κ3) is 2.29. The van der Waals surface area contributed by atoms with E-state index in [4.69, 9.17) is 5.11 Å². The van der Waals surface area contributed by atoms with E-state index in [1.807, 2.05) is 4.98 Å². The Morgan fingerprint density at radius 1 is 1.11 bits per heavy atom. The minimum atomic E-state index is -1.43. The van der Waals surface area contributed by atoms with Crippen molar-refractivity contribution in [3.63, 3.8) is 0 Å². The van der Waals surface area contributed by atoms with E-state index in [1.165, 1.54) is 0 Å². The minimum Gasteiger partial charge on any atom is -0.477 e. The molecule has 92 valence electrons. The molecule has 1 heterocycles. The van der Waals surface area contributed by atoms with Gasteiger partial charge in [0.1, 0.15) is 5.82 Å². The highest BCUT2D eigenvalue weighted by Crippen LogP contribution is 2.14. The van der Waals surface area contributed by atoms with Crippen LogP contribution in [0.25, 0.3) is 0 Å². The van der Waals surface area contributed by atoms with Gasteiger partial charge >= 0.3 is 11.7 Å². The summed E-state index contributed by atoms with van der Waals surface area (Å²) in [6, 6.07) is 8.59. The lowest BCUT2D eigenvalue weighted by molar-refractivity contribution is 0.0695. The van der Waals surface area contributed by atoms with Gasteiger partial charge in [-0.1, -0.05) is 18.2 Å². The van der Waals surface area contributed by atoms with Crippen LogP contribution in [-0.4, -0.2) is 21.0 Å². The maximum atomic E-state index is 11.4. The highest BCUT2D eigenvalue weighted by Gasteiger charge is 2.16. The molecule has 0 aliphatic rings. The number of para-hydroxylation sites is 1. The zero-order valence-electron chi connectivity index (χ0n) is 9.06. The Kier molecular flexibility index (Phi) is 2.96. The fourth-order valence-electron chi connectivity index (χ4n) is 1.45. The van der Waals surface area contributed by atoms with Crippen LogP contribution in [0.5, 0.6) is 0 Å². The third-order valence-electron chi connectivity index (χ3n) is 2.20. The maximum Gasteiger partial charge on any atom is 0.345 e. The Hall–Kier alpha value is -2.83. The zero-order valence-corrected chi connectivity index (χ0v) is 9.06. The molecule has 0 fully saturated rings. The lowest BCUT2D eigenvalue weighted by Crippen LogP contribution is -2.29. The van der Waals surface area contributed by atoms with Crippen molar-refractivity contribution in [3.8, 4) is 0 Å². The van der Waals surface area contributed by atoms with Gasteiger partial charge in [0, 0.05) is 5.69 Å². The average Bonchev–Trinajstić information content (AvgIpc) is 2.28. The van der Waals surface area contributed by atoms with Crippen LogP contribution in [-0.2, 0) is 0 Å². The topological polar surface area (TPSA) is 115 Å². The number of carboxylic acids is 1. The number of benzene rings is 1. The second kappa shape index (κ2) is 4.58. The molecule has 0 saturated heterocycles. The molecule has 0 radical (unpaired) electrons. The number of aromatic amines is 2. The van der Waals surface area contributed by atoms with Gasteiger partial charge in [0.25, 0.3) is 5.56 Å². The van der Waals surface area contributed by atoms with Crippen molar-refractivity contribution in [2.75, 3.05) is 5.32 Å². The van der Waals surface area contributed by atoms with Gasteiger partial charge in [-0.3, -0.25) is 14.8 Å². The van der Waals surface area contributed by atoms with Crippen LogP contribution in [0.4, 0.5) is 11.5 Å². The van der Waals surface area contributed by atoms with Gasteiger partial charge in [0.05, 0.1) is 0 Å². The summed E-state index contributed by atoms with van der Waals surface area (Å²) in [5.74, 6) is -1.58. The lowest BCUT2D eigenvalue weighted by atomic mass is 10.2. The number of carboxylic acid groups (broad SMARTS) is 1. The molecule has 18 heavy (non-hydrogen) atoms. The van der Waals surface area contributed by atoms with E-state index in [2.05, 4.69) is 10.3 Å². The molecule has 2 rings (SSSR count). The predicted molar refractivity (Wildman–Crippen MR) is 64.4 cm³/mol. The highest BCUT2D eigenvalue weighted by atomic mass is 16.4. The molecule has 4 N–H and O–H groups in total. The second-order valence-electron chi connectivity index (χ2n) is 3.45. The summed E-state index contributed by atoms with van der Waals surface area (Å²) in [7, 11) is 0. The van der Waals surface area contributed by atoms with E-state index in [0.29, 0.717) is 5.69 Å². The van der Waals surface area contributed by atoms with Crippen molar-refractivity contribution in [1.29, 1.82) is 0 Å². The Labute approximate surface area is 100 Å². The molecule has 0 bridgehead atoms. The quantitative estimate of drug-likeness (QED) is 0.630. The van der Waals surface area contributed by atoms with Gasteiger partial charge in [0.15, 0.2) is 5.56 Å². The zero-order chi connectivity index (χ0) is 13.1. The van der Waals surface area contributed by atoms with E-state index in [0.717, 1.165) is 0 Å². The van der Waals surface area contributed by atoms with Crippen molar-refractivity contribution in [2.45, 2.75) is 0 Å². The molecule has 7 heteroatoms. The first-order valence-electron chi connectivity index (χ1n) is 5.00. The molecule has 0 unspecified atom stereocenters.